The minimum atomic E-state index is -2.92. The Hall–Kier alpha value is -2.69. The van der Waals surface area contributed by atoms with Crippen molar-refractivity contribution in [2.75, 3.05) is 27.2 Å². The molecule has 1 aliphatic heterocycles. The second-order valence-electron chi connectivity index (χ2n) is 7.87. The number of likely N-dealkylation sites (tertiary alicyclic amines) is 1. The number of fused-ring (bicyclic) bond motifs is 3. The van der Waals surface area contributed by atoms with Gasteiger partial charge in [0.2, 0.25) is 0 Å². The predicted octanol–water partition coefficient (Wildman–Crippen LogP) is 3.15. The van der Waals surface area contributed by atoms with Gasteiger partial charge in [0, 0.05) is 24.1 Å². The third kappa shape index (κ3) is 3.54. The molecule has 0 aliphatic carbocycles. The number of likely N-dealkylation sites (N-methyl/N-ethyl adjacent to an activating group) is 1. The van der Waals surface area contributed by atoms with E-state index in [0.717, 1.165) is 0 Å². The van der Waals surface area contributed by atoms with E-state index < -0.39 is 12.0 Å². The minimum absolute atomic E-state index is 0.184. The first-order valence-electron chi connectivity index (χ1n) is 9.75. The molecule has 31 heavy (non-hydrogen) atoms. The van der Waals surface area contributed by atoms with Gasteiger partial charge in [0.25, 0.3) is 5.92 Å². The molecule has 11 heteroatoms. The lowest BCUT2D eigenvalue weighted by Gasteiger charge is -2.22. The summed E-state index contributed by atoms with van der Waals surface area (Å²) in [5, 5.41) is 9.34. The number of aromatic nitrogens is 6. The highest BCUT2D eigenvalue weighted by Crippen LogP contribution is 2.40. The molecule has 1 saturated heterocycles. The number of rotatable bonds is 5. The van der Waals surface area contributed by atoms with E-state index in [-0.39, 0.29) is 19.6 Å². The fourth-order valence-corrected chi connectivity index (χ4v) is 4.42. The normalized spacial score (nSPS) is 19.1. The van der Waals surface area contributed by atoms with Crippen molar-refractivity contribution in [1.82, 2.24) is 34.4 Å². The number of alkyl halides is 2. The molecule has 0 radical (unpaired) electrons. The average Bonchev–Trinajstić information content (AvgIpc) is 3.37. The van der Waals surface area contributed by atoms with Crippen LogP contribution in [0.2, 0.25) is 5.02 Å². The quantitative estimate of drug-likeness (QED) is 0.468. The average molecular weight is 448 g/mol. The van der Waals surface area contributed by atoms with Crippen LogP contribution < -0.4 is 0 Å². The summed E-state index contributed by atoms with van der Waals surface area (Å²) >= 11 is 6.23. The molecule has 1 atom stereocenters. The molecule has 1 aliphatic rings. The van der Waals surface area contributed by atoms with Gasteiger partial charge in [0.15, 0.2) is 0 Å². The summed E-state index contributed by atoms with van der Waals surface area (Å²) in [6.45, 7) is 0.378. The molecule has 5 rings (SSSR count). The van der Waals surface area contributed by atoms with Gasteiger partial charge >= 0.3 is 0 Å². The van der Waals surface area contributed by atoms with Crippen LogP contribution in [0.15, 0.2) is 30.6 Å². The molecule has 8 nitrogen and oxygen atoms in total. The molecule has 4 aromatic rings. The van der Waals surface area contributed by atoms with Crippen LogP contribution in [0.25, 0.3) is 21.9 Å². The van der Waals surface area contributed by atoms with Gasteiger partial charge in [0.1, 0.15) is 29.6 Å². The maximum atomic E-state index is 15.1. The zero-order valence-corrected chi connectivity index (χ0v) is 17.7. The van der Waals surface area contributed by atoms with Crippen LogP contribution >= 0.6 is 11.6 Å². The Bertz CT molecular complexity index is 1270. The van der Waals surface area contributed by atoms with Crippen molar-refractivity contribution in [2.45, 2.75) is 25.1 Å². The molecular weight excluding hydrogens is 428 g/mol. The van der Waals surface area contributed by atoms with Crippen molar-refractivity contribution >= 4 is 33.5 Å². The summed E-state index contributed by atoms with van der Waals surface area (Å²) in [7, 11) is 3.26. The molecule has 1 unspecified atom stereocenters. The van der Waals surface area contributed by atoms with Gasteiger partial charge in [-0.1, -0.05) is 16.8 Å². The molecule has 0 bridgehead atoms. The number of pyridine rings is 1. The van der Waals surface area contributed by atoms with E-state index in [0.29, 0.717) is 45.1 Å². The van der Waals surface area contributed by atoms with E-state index in [9.17, 15) is 0 Å². The van der Waals surface area contributed by atoms with Gasteiger partial charge in [-0.05, 0) is 25.2 Å². The van der Waals surface area contributed by atoms with Crippen LogP contribution in [-0.2, 0) is 17.9 Å². The lowest BCUT2D eigenvalue weighted by atomic mass is 10.1. The van der Waals surface area contributed by atoms with Crippen LogP contribution in [0, 0.1) is 0 Å². The molecular formula is C20H20ClF2N7O. The number of hydrogen-bond acceptors (Lipinski definition) is 6. The Kier molecular flexibility index (Phi) is 4.87. The van der Waals surface area contributed by atoms with Crippen molar-refractivity contribution < 1.29 is 13.5 Å². The molecule has 0 saturated carbocycles. The number of ether oxygens (including phenoxy) is 1. The first kappa shape index (κ1) is 20.2. The second kappa shape index (κ2) is 7.47. The maximum Gasteiger partial charge on any atom is 0.282 e. The fraction of sp³-hybridized carbons (Fsp3) is 0.400. The monoisotopic (exact) mass is 447 g/mol. The summed E-state index contributed by atoms with van der Waals surface area (Å²) in [6, 6.07) is 4.18. The highest BCUT2D eigenvalue weighted by atomic mass is 35.5. The molecule has 1 fully saturated rings. The minimum Gasteiger partial charge on any atom is -0.378 e. The van der Waals surface area contributed by atoms with Gasteiger partial charge in [-0.15, -0.1) is 5.10 Å². The highest BCUT2D eigenvalue weighted by Gasteiger charge is 2.49. The lowest BCUT2D eigenvalue weighted by molar-refractivity contribution is -0.0202. The number of nitrogens with zero attached hydrogens (tertiary/aromatic N) is 7. The van der Waals surface area contributed by atoms with Crippen molar-refractivity contribution in [3.63, 3.8) is 0 Å². The van der Waals surface area contributed by atoms with Crippen LogP contribution in [0.5, 0.6) is 0 Å². The molecule has 162 valence electrons. The van der Waals surface area contributed by atoms with Gasteiger partial charge < -0.3 is 9.30 Å². The Morgan fingerprint density at radius 1 is 1.29 bits per heavy atom. The fourth-order valence-electron chi connectivity index (χ4n) is 4.25. The Balaban J connectivity index is 1.72. The largest absolute Gasteiger partial charge is 0.378 e. The SMILES string of the molecule is COCc1cn(Cc2nc3cnc4ccc(Cl)cc4c3n2C2CN(C)CC2(F)F)nn1. The van der Waals surface area contributed by atoms with Crippen molar-refractivity contribution in [1.29, 1.82) is 0 Å². The molecule has 4 heterocycles. The van der Waals surface area contributed by atoms with Crippen molar-refractivity contribution in [3.8, 4) is 0 Å². The van der Waals surface area contributed by atoms with E-state index >= 15 is 8.78 Å². The van der Waals surface area contributed by atoms with Gasteiger partial charge in [0.05, 0.1) is 36.6 Å². The number of benzene rings is 1. The van der Waals surface area contributed by atoms with Crippen LogP contribution in [0.1, 0.15) is 17.6 Å². The lowest BCUT2D eigenvalue weighted by Crippen LogP contribution is -2.31. The molecule has 0 amide bonds. The van der Waals surface area contributed by atoms with Crippen LogP contribution in [-0.4, -0.2) is 67.6 Å². The summed E-state index contributed by atoms with van der Waals surface area (Å²) in [5.74, 6) is -2.47. The summed E-state index contributed by atoms with van der Waals surface area (Å²) in [4.78, 5) is 10.7. The van der Waals surface area contributed by atoms with E-state index in [1.54, 1.807) is 58.9 Å². The Morgan fingerprint density at radius 3 is 2.87 bits per heavy atom. The third-order valence-corrected chi connectivity index (χ3v) is 5.73. The number of imidazole rings is 1. The first-order valence-corrected chi connectivity index (χ1v) is 10.1. The number of halogens is 3. The Labute approximate surface area is 181 Å². The summed E-state index contributed by atoms with van der Waals surface area (Å²) in [6.07, 6.45) is 3.33. The van der Waals surface area contributed by atoms with E-state index in [1.807, 2.05) is 0 Å². The zero-order valence-electron chi connectivity index (χ0n) is 17.0. The van der Waals surface area contributed by atoms with Gasteiger partial charge in [-0.3, -0.25) is 9.88 Å². The van der Waals surface area contributed by atoms with E-state index in [1.165, 1.54) is 0 Å². The van der Waals surface area contributed by atoms with E-state index in [2.05, 4.69) is 20.3 Å². The molecule has 0 N–H and O–H groups in total. The third-order valence-electron chi connectivity index (χ3n) is 5.50. The number of hydrogen-bond donors (Lipinski definition) is 0. The van der Waals surface area contributed by atoms with Crippen LogP contribution in [0.3, 0.4) is 0 Å². The van der Waals surface area contributed by atoms with Gasteiger partial charge in [-0.2, -0.15) is 0 Å². The standard InChI is InChI=1S/C20H20ClF2N7O/c1-28-8-17(20(22,23)11-28)30-18(9-29-7-13(10-31-2)26-27-29)25-16-6-24-15-4-3-12(21)5-14(15)19(16)30/h3-7,17H,8-11H2,1-2H3. The smallest absolute Gasteiger partial charge is 0.282 e. The second-order valence-corrected chi connectivity index (χ2v) is 8.30. The molecule has 1 aromatic carbocycles. The van der Waals surface area contributed by atoms with Crippen molar-refractivity contribution in [3.05, 3.63) is 47.1 Å². The summed E-state index contributed by atoms with van der Waals surface area (Å²) in [5.41, 5.74) is 2.45. The van der Waals surface area contributed by atoms with Gasteiger partial charge in [-0.25, -0.2) is 18.4 Å². The maximum absolute atomic E-state index is 15.1. The van der Waals surface area contributed by atoms with Crippen molar-refractivity contribution in [2.24, 2.45) is 0 Å². The Morgan fingerprint density at radius 2 is 2.13 bits per heavy atom. The van der Waals surface area contributed by atoms with E-state index in [4.69, 9.17) is 16.3 Å². The summed E-state index contributed by atoms with van der Waals surface area (Å²) < 4.78 is 38.4. The molecule has 0 spiro atoms. The molecule has 3 aromatic heterocycles. The topological polar surface area (TPSA) is 73.9 Å². The van der Waals surface area contributed by atoms with Crippen LogP contribution in [0.4, 0.5) is 8.78 Å². The highest BCUT2D eigenvalue weighted by molar-refractivity contribution is 6.31. The number of methoxy groups -OCH3 is 1. The zero-order chi connectivity index (χ0) is 21.8. The predicted molar refractivity (Wildman–Crippen MR) is 111 cm³/mol. The first-order chi connectivity index (χ1) is 14.9.